The Bertz CT molecular complexity index is 1230. The Labute approximate surface area is 230 Å². The smallest absolute Gasteiger partial charge is 0.342 e. The van der Waals surface area contributed by atoms with Crippen molar-refractivity contribution in [1.29, 1.82) is 0 Å². The second-order valence-electron chi connectivity index (χ2n) is 10.4. The standard InChI is InChI=1S/C32H38F3N3O/c1-4-36(3)31(39)26-13-15-28(16-14-26)38(30-12-5-8-24(2)22-30)29-17-20-37(21-18-29)19-7-10-25-9-6-11-27(23-25)32(33,34)35/h5-6,8-9,11-16,22-23,29H,4,7,10,17-21H2,1-3H3. The van der Waals surface area contributed by atoms with E-state index in [2.05, 4.69) is 41.0 Å². The van der Waals surface area contributed by atoms with Gasteiger partial charge in [0, 0.05) is 49.7 Å². The van der Waals surface area contributed by atoms with Crippen LogP contribution in [0.1, 0.15) is 53.2 Å². The molecule has 7 heteroatoms. The van der Waals surface area contributed by atoms with Gasteiger partial charge in [-0.15, -0.1) is 0 Å². The van der Waals surface area contributed by atoms with Crippen molar-refractivity contribution in [3.05, 3.63) is 95.1 Å². The van der Waals surface area contributed by atoms with Crippen molar-refractivity contribution in [3.63, 3.8) is 0 Å². The molecule has 208 valence electrons. The largest absolute Gasteiger partial charge is 0.416 e. The van der Waals surface area contributed by atoms with Crippen LogP contribution in [0.2, 0.25) is 0 Å². The van der Waals surface area contributed by atoms with Crippen molar-refractivity contribution >= 4 is 17.3 Å². The molecule has 1 heterocycles. The van der Waals surface area contributed by atoms with Crippen molar-refractivity contribution in [1.82, 2.24) is 9.80 Å². The van der Waals surface area contributed by atoms with E-state index in [-0.39, 0.29) is 5.91 Å². The molecule has 0 spiro atoms. The van der Waals surface area contributed by atoms with Gasteiger partial charge in [-0.05, 0) is 99.7 Å². The second-order valence-corrected chi connectivity index (χ2v) is 10.4. The number of aryl methyl sites for hydroxylation is 2. The van der Waals surface area contributed by atoms with Crippen LogP contribution in [0.4, 0.5) is 24.5 Å². The third-order valence-corrected chi connectivity index (χ3v) is 7.61. The number of likely N-dealkylation sites (tertiary alicyclic amines) is 1. The summed E-state index contributed by atoms with van der Waals surface area (Å²) < 4.78 is 39.1. The topological polar surface area (TPSA) is 26.8 Å². The minimum absolute atomic E-state index is 0.0181. The van der Waals surface area contributed by atoms with Crippen LogP contribution in [0.25, 0.3) is 0 Å². The summed E-state index contributed by atoms with van der Waals surface area (Å²) in [6.07, 6.45) is -0.872. The normalized spacial score (nSPS) is 14.8. The van der Waals surface area contributed by atoms with Crippen LogP contribution in [0.15, 0.2) is 72.8 Å². The summed E-state index contributed by atoms with van der Waals surface area (Å²) in [5.74, 6) is 0.0181. The van der Waals surface area contributed by atoms with Crippen LogP contribution >= 0.6 is 0 Å². The Hall–Kier alpha value is -3.32. The third kappa shape index (κ3) is 7.41. The van der Waals surface area contributed by atoms with Crippen LogP contribution in [0.3, 0.4) is 0 Å². The van der Waals surface area contributed by atoms with Crippen LogP contribution in [0, 0.1) is 6.92 Å². The summed E-state index contributed by atoms with van der Waals surface area (Å²) in [6, 6.07) is 22.4. The van der Waals surface area contributed by atoms with E-state index >= 15 is 0 Å². The highest BCUT2D eigenvalue weighted by Gasteiger charge is 2.30. The van der Waals surface area contributed by atoms with E-state index in [4.69, 9.17) is 0 Å². The molecule has 3 aromatic rings. The number of rotatable bonds is 9. The second kappa shape index (κ2) is 12.7. The van der Waals surface area contributed by atoms with Crippen molar-refractivity contribution in [3.8, 4) is 0 Å². The van der Waals surface area contributed by atoms with Crippen molar-refractivity contribution in [2.24, 2.45) is 0 Å². The predicted molar refractivity (Wildman–Crippen MR) is 152 cm³/mol. The number of carbonyl (C=O) groups is 1. The molecule has 1 aliphatic heterocycles. The van der Waals surface area contributed by atoms with E-state index in [9.17, 15) is 18.0 Å². The molecule has 1 fully saturated rings. The molecule has 4 nitrogen and oxygen atoms in total. The van der Waals surface area contributed by atoms with Gasteiger partial charge in [-0.25, -0.2) is 0 Å². The van der Waals surface area contributed by atoms with Gasteiger partial charge in [0.2, 0.25) is 0 Å². The summed E-state index contributed by atoms with van der Waals surface area (Å²) in [7, 11) is 1.81. The molecule has 39 heavy (non-hydrogen) atoms. The highest BCUT2D eigenvalue weighted by atomic mass is 19.4. The lowest BCUT2D eigenvalue weighted by Gasteiger charge is -2.40. The molecule has 0 aliphatic carbocycles. The van der Waals surface area contributed by atoms with Gasteiger partial charge in [-0.1, -0.05) is 30.3 Å². The van der Waals surface area contributed by atoms with E-state index in [1.807, 2.05) is 38.2 Å². The van der Waals surface area contributed by atoms with E-state index in [0.29, 0.717) is 24.6 Å². The fraction of sp³-hybridized carbons (Fsp3) is 0.406. The molecule has 4 rings (SSSR count). The Morgan fingerprint density at radius 2 is 1.64 bits per heavy atom. The molecule has 0 saturated carbocycles. The van der Waals surface area contributed by atoms with E-state index in [1.54, 1.807) is 11.0 Å². The molecule has 0 atom stereocenters. The van der Waals surface area contributed by atoms with Crippen molar-refractivity contribution < 1.29 is 18.0 Å². The number of benzene rings is 3. The predicted octanol–water partition coefficient (Wildman–Crippen LogP) is 7.34. The maximum absolute atomic E-state index is 13.0. The first-order chi connectivity index (χ1) is 18.7. The lowest BCUT2D eigenvalue weighted by molar-refractivity contribution is -0.137. The van der Waals surface area contributed by atoms with Crippen LogP contribution in [0.5, 0.6) is 0 Å². The molecular weight excluding hydrogens is 499 g/mol. The highest BCUT2D eigenvalue weighted by molar-refractivity contribution is 5.94. The fourth-order valence-electron chi connectivity index (χ4n) is 5.29. The van der Waals surface area contributed by atoms with Crippen LogP contribution < -0.4 is 4.90 Å². The molecular formula is C32H38F3N3O. The maximum atomic E-state index is 13.0. The summed E-state index contributed by atoms with van der Waals surface area (Å²) >= 11 is 0. The van der Waals surface area contributed by atoms with Crippen LogP contribution in [-0.4, -0.2) is 55.0 Å². The fourth-order valence-corrected chi connectivity index (χ4v) is 5.29. The zero-order valence-corrected chi connectivity index (χ0v) is 23.0. The number of piperidine rings is 1. The average molecular weight is 538 g/mol. The average Bonchev–Trinajstić information content (AvgIpc) is 2.93. The number of carbonyl (C=O) groups excluding carboxylic acids is 1. The summed E-state index contributed by atoms with van der Waals surface area (Å²) in [5, 5.41) is 0. The minimum atomic E-state index is -4.30. The zero-order chi connectivity index (χ0) is 28.0. The number of nitrogens with zero attached hydrogens (tertiary/aromatic N) is 3. The molecule has 0 aromatic heterocycles. The maximum Gasteiger partial charge on any atom is 0.416 e. The Morgan fingerprint density at radius 1 is 0.949 bits per heavy atom. The summed E-state index contributed by atoms with van der Waals surface area (Å²) in [6.45, 7) is 7.46. The van der Waals surface area contributed by atoms with E-state index < -0.39 is 11.7 Å². The van der Waals surface area contributed by atoms with Gasteiger partial charge in [-0.3, -0.25) is 4.79 Å². The van der Waals surface area contributed by atoms with Crippen LogP contribution in [-0.2, 0) is 12.6 Å². The lowest BCUT2D eigenvalue weighted by Crippen LogP contribution is -2.43. The molecule has 0 unspecified atom stereocenters. The van der Waals surface area contributed by atoms with Crippen molar-refractivity contribution in [2.75, 3.05) is 38.1 Å². The third-order valence-electron chi connectivity index (χ3n) is 7.61. The highest BCUT2D eigenvalue weighted by Crippen LogP contribution is 2.33. The van der Waals surface area contributed by atoms with Gasteiger partial charge in [0.1, 0.15) is 0 Å². The molecule has 1 aliphatic rings. The molecule has 1 saturated heterocycles. The SMILES string of the molecule is CCN(C)C(=O)c1ccc(N(c2cccc(C)c2)C2CCN(CCCc3cccc(C(F)(F)F)c3)CC2)cc1. The van der Waals surface area contributed by atoms with Gasteiger partial charge >= 0.3 is 6.18 Å². The summed E-state index contributed by atoms with van der Waals surface area (Å²) in [5.41, 5.74) is 4.25. The van der Waals surface area contributed by atoms with Gasteiger partial charge in [-0.2, -0.15) is 13.2 Å². The monoisotopic (exact) mass is 537 g/mol. The minimum Gasteiger partial charge on any atom is -0.342 e. The number of alkyl halides is 3. The van der Waals surface area contributed by atoms with Gasteiger partial charge in [0.15, 0.2) is 0 Å². The first-order valence-electron chi connectivity index (χ1n) is 13.8. The zero-order valence-electron chi connectivity index (χ0n) is 23.0. The molecule has 0 radical (unpaired) electrons. The first kappa shape index (κ1) is 28.7. The number of amides is 1. The van der Waals surface area contributed by atoms with E-state index in [0.717, 1.165) is 61.9 Å². The number of halogens is 3. The number of hydrogen-bond acceptors (Lipinski definition) is 3. The lowest BCUT2D eigenvalue weighted by atomic mass is 9.99. The quantitative estimate of drug-likeness (QED) is 0.286. The molecule has 3 aromatic carbocycles. The Morgan fingerprint density at radius 3 is 2.28 bits per heavy atom. The van der Waals surface area contributed by atoms with Gasteiger partial charge in [0.05, 0.1) is 5.56 Å². The van der Waals surface area contributed by atoms with Crippen molar-refractivity contribution in [2.45, 2.75) is 51.7 Å². The van der Waals surface area contributed by atoms with Gasteiger partial charge < -0.3 is 14.7 Å². The van der Waals surface area contributed by atoms with Gasteiger partial charge in [0.25, 0.3) is 5.91 Å². The molecule has 1 amide bonds. The number of anilines is 2. The Balaban J connectivity index is 1.40. The number of hydrogen-bond donors (Lipinski definition) is 0. The first-order valence-corrected chi connectivity index (χ1v) is 13.8. The molecule has 0 bridgehead atoms. The molecule has 0 N–H and O–H groups in total. The Kier molecular flexibility index (Phi) is 9.33. The van der Waals surface area contributed by atoms with E-state index in [1.165, 1.54) is 17.7 Å². The summed E-state index contributed by atoms with van der Waals surface area (Å²) in [4.78, 5) is 19.1.